The van der Waals surface area contributed by atoms with Crippen LogP contribution in [0.5, 0.6) is 0 Å². The number of alkyl halides is 1. The van der Waals surface area contributed by atoms with Crippen LogP contribution in [0.2, 0.25) is 0 Å². The lowest BCUT2D eigenvalue weighted by Gasteiger charge is -2.44. The number of hydrogen-bond donors (Lipinski definition) is 1. The third-order valence-corrected chi connectivity index (χ3v) is 5.73. The van der Waals surface area contributed by atoms with Gasteiger partial charge in [-0.05, 0) is 68.2 Å². The molecule has 8 heteroatoms. The van der Waals surface area contributed by atoms with Gasteiger partial charge < -0.3 is 9.63 Å². The normalized spacial score (nSPS) is 19.6. The summed E-state index contributed by atoms with van der Waals surface area (Å²) in [4.78, 5) is 12.5. The zero-order chi connectivity index (χ0) is 23.2. The lowest BCUT2D eigenvalue weighted by atomic mass is 9.82. The zero-order valence-electron chi connectivity index (χ0n) is 17.9. The number of aliphatic carboxylic acids is 1. The number of hydrogen-bond acceptors (Lipinski definition) is 4. The molecule has 1 N–H and O–H groups in total. The van der Waals surface area contributed by atoms with Gasteiger partial charge in [0.25, 0.3) is 0 Å². The molecule has 0 spiro atoms. The highest BCUT2D eigenvalue weighted by atomic mass is 19.1. The van der Waals surface area contributed by atoms with Crippen molar-refractivity contribution in [2.45, 2.75) is 44.9 Å². The number of carboxylic acid groups (broad SMARTS) is 1. The first-order chi connectivity index (χ1) is 15.0. The van der Waals surface area contributed by atoms with Crippen LogP contribution >= 0.6 is 0 Å². The van der Waals surface area contributed by atoms with Gasteiger partial charge in [-0.25, -0.2) is 18.0 Å². The van der Waals surface area contributed by atoms with E-state index in [-0.39, 0.29) is 23.7 Å². The van der Waals surface area contributed by atoms with Crippen LogP contribution in [-0.2, 0) is 11.2 Å². The molecule has 4 rings (SSSR count). The third kappa shape index (κ3) is 4.14. The minimum atomic E-state index is -1.59. The summed E-state index contributed by atoms with van der Waals surface area (Å²) in [5.74, 6) is -2.88. The van der Waals surface area contributed by atoms with Gasteiger partial charge in [0.2, 0.25) is 0 Å². The topological polar surface area (TPSA) is 66.6 Å². The molecule has 2 aromatic carbocycles. The molecule has 0 fully saturated rings. The Hall–Kier alpha value is -3.13. The number of aromatic nitrogens is 1. The average molecular weight is 444 g/mol. The van der Waals surface area contributed by atoms with E-state index in [1.807, 2.05) is 6.92 Å². The van der Waals surface area contributed by atoms with E-state index in [4.69, 9.17) is 9.63 Å². The molecule has 0 amide bonds. The molecular weight excluding hydrogens is 421 g/mol. The molecule has 0 saturated heterocycles. The molecule has 0 radical (unpaired) electrons. The Kier molecular flexibility index (Phi) is 5.58. The maximum atomic E-state index is 15.3. The van der Waals surface area contributed by atoms with Crippen molar-refractivity contribution in [3.8, 4) is 0 Å². The summed E-state index contributed by atoms with van der Waals surface area (Å²) < 4.78 is 50.6. The predicted octanol–water partition coefficient (Wildman–Crippen LogP) is 5.29. The number of rotatable bonds is 5. The summed E-state index contributed by atoms with van der Waals surface area (Å²) in [6, 6.07) is 4.53. The molecular formula is C24H23F3N2O3. The van der Waals surface area contributed by atoms with E-state index in [0.717, 1.165) is 35.2 Å². The van der Waals surface area contributed by atoms with E-state index in [0.29, 0.717) is 17.6 Å². The van der Waals surface area contributed by atoms with Crippen molar-refractivity contribution >= 4 is 23.0 Å². The Balaban J connectivity index is 1.91. The van der Waals surface area contributed by atoms with Gasteiger partial charge in [0.15, 0.2) is 5.58 Å². The van der Waals surface area contributed by atoms with Crippen LogP contribution in [0.4, 0.5) is 13.2 Å². The monoisotopic (exact) mass is 444 g/mol. The molecule has 2 heterocycles. The number of nitrogens with zero attached hydrogens (tertiary/aromatic N) is 2. The molecule has 32 heavy (non-hydrogen) atoms. The molecule has 0 unspecified atom stereocenters. The highest BCUT2D eigenvalue weighted by Gasteiger charge is 2.40. The summed E-state index contributed by atoms with van der Waals surface area (Å²) in [6.07, 6.45) is 4.06. The Morgan fingerprint density at radius 1 is 1.31 bits per heavy atom. The molecule has 1 aliphatic rings. The van der Waals surface area contributed by atoms with E-state index < -0.39 is 29.3 Å². The number of carbonyl (C=O) groups is 1. The Bertz CT molecular complexity index is 1190. The van der Waals surface area contributed by atoms with Crippen LogP contribution in [0.15, 0.2) is 41.1 Å². The molecule has 5 nitrogen and oxygen atoms in total. The molecule has 0 bridgehead atoms. The first-order valence-electron chi connectivity index (χ1n) is 10.3. The Labute approximate surface area is 183 Å². The van der Waals surface area contributed by atoms with Crippen molar-refractivity contribution in [2.24, 2.45) is 0 Å². The predicted molar refractivity (Wildman–Crippen MR) is 114 cm³/mol. The summed E-state index contributed by atoms with van der Waals surface area (Å²) >= 11 is 0. The molecule has 3 aromatic rings. The largest absolute Gasteiger partial charge is 0.478 e. The summed E-state index contributed by atoms with van der Waals surface area (Å²) in [5, 5.41) is 13.4. The molecule has 0 saturated carbocycles. The molecule has 0 aliphatic carbocycles. The first-order valence-corrected chi connectivity index (χ1v) is 10.3. The van der Waals surface area contributed by atoms with Crippen LogP contribution in [-0.4, -0.2) is 39.4 Å². The fourth-order valence-corrected chi connectivity index (χ4v) is 4.48. The summed E-state index contributed by atoms with van der Waals surface area (Å²) in [5.41, 5.74) is 0.386. The summed E-state index contributed by atoms with van der Waals surface area (Å²) in [6.45, 7) is 4.73. The third-order valence-electron chi connectivity index (χ3n) is 5.73. The van der Waals surface area contributed by atoms with Crippen LogP contribution in [0.1, 0.15) is 49.1 Å². The van der Waals surface area contributed by atoms with Gasteiger partial charge in [-0.2, -0.15) is 0 Å². The van der Waals surface area contributed by atoms with Crippen LogP contribution in [0.25, 0.3) is 17.0 Å². The van der Waals surface area contributed by atoms with E-state index in [2.05, 4.69) is 5.16 Å². The smallest absolute Gasteiger partial charge is 0.328 e. The highest BCUT2D eigenvalue weighted by molar-refractivity contribution is 5.85. The number of carboxylic acids is 1. The van der Waals surface area contributed by atoms with Crippen molar-refractivity contribution in [3.05, 3.63) is 70.4 Å². The molecule has 2 atom stereocenters. The van der Waals surface area contributed by atoms with Crippen LogP contribution in [0, 0.1) is 11.6 Å². The fraction of sp³-hybridized carbons (Fsp3) is 0.333. The first kappa shape index (κ1) is 22.1. The van der Waals surface area contributed by atoms with E-state index >= 15 is 8.78 Å². The fourth-order valence-electron chi connectivity index (χ4n) is 4.48. The van der Waals surface area contributed by atoms with Gasteiger partial charge in [0.05, 0.1) is 12.2 Å². The maximum Gasteiger partial charge on any atom is 0.328 e. The van der Waals surface area contributed by atoms with Crippen LogP contribution in [0.3, 0.4) is 0 Å². The Morgan fingerprint density at radius 2 is 2.00 bits per heavy atom. The van der Waals surface area contributed by atoms with E-state index in [1.54, 1.807) is 23.2 Å². The second-order valence-electron chi connectivity index (χ2n) is 8.79. The number of benzene rings is 2. The van der Waals surface area contributed by atoms with Gasteiger partial charge in [0, 0.05) is 29.6 Å². The summed E-state index contributed by atoms with van der Waals surface area (Å²) in [7, 11) is 0. The van der Waals surface area contributed by atoms with Crippen LogP contribution < -0.4 is 0 Å². The molecule has 1 aromatic heterocycles. The van der Waals surface area contributed by atoms with Crippen molar-refractivity contribution in [2.75, 3.05) is 6.54 Å². The molecule has 1 aliphatic heterocycles. The van der Waals surface area contributed by atoms with Crippen molar-refractivity contribution < 1.29 is 27.6 Å². The van der Waals surface area contributed by atoms with Gasteiger partial charge in [-0.3, -0.25) is 4.90 Å². The van der Waals surface area contributed by atoms with Crippen molar-refractivity contribution in [1.29, 1.82) is 0 Å². The van der Waals surface area contributed by atoms with Crippen molar-refractivity contribution in [3.63, 3.8) is 0 Å². The lowest BCUT2D eigenvalue weighted by Crippen LogP contribution is -2.48. The number of fused-ring (bicyclic) bond motifs is 3. The quantitative estimate of drug-likeness (QED) is 0.542. The minimum absolute atomic E-state index is 0.0283. The maximum absolute atomic E-state index is 15.3. The highest BCUT2D eigenvalue weighted by Crippen LogP contribution is 2.43. The van der Waals surface area contributed by atoms with Crippen molar-refractivity contribution in [1.82, 2.24) is 10.1 Å². The average Bonchev–Trinajstić information content (AvgIpc) is 3.16. The second-order valence-corrected chi connectivity index (χ2v) is 8.79. The van der Waals surface area contributed by atoms with E-state index in [1.165, 1.54) is 13.8 Å². The van der Waals surface area contributed by atoms with Gasteiger partial charge in [-0.1, -0.05) is 11.2 Å². The lowest BCUT2D eigenvalue weighted by molar-refractivity contribution is -0.131. The SMILES string of the molecule is C[C@@H]1Cc2c(ccc3oncc23)[C@@H](c2c(F)cc(/C=C/C(=O)O)cc2F)N1CC(C)(C)F. The number of halogens is 3. The minimum Gasteiger partial charge on any atom is -0.478 e. The standard InChI is InChI=1S/C24H23F3N2O3/c1-13-8-16-15(5-6-20-17(16)11-28-32-20)23(29(13)12-24(2,3)27)22-18(25)9-14(10-19(22)26)4-7-21(30)31/h4-7,9-11,13,23H,8,12H2,1-3H3,(H,30,31)/b7-4+/t13-,23+/m1/s1. The second kappa shape index (κ2) is 8.09. The van der Waals surface area contributed by atoms with Gasteiger partial charge in [-0.15, -0.1) is 0 Å². The molecule has 168 valence electrons. The zero-order valence-corrected chi connectivity index (χ0v) is 17.9. The van der Waals surface area contributed by atoms with Gasteiger partial charge >= 0.3 is 5.97 Å². The van der Waals surface area contributed by atoms with Gasteiger partial charge in [0.1, 0.15) is 17.3 Å². The van der Waals surface area contributed by atoms with E-state index in [9.17, 15) is 9.18 Å². The Morgan fingerprint density at radius 3 is 2.62 bits per heavy atom.